The minimum absolute atomic E-state index is 0.0287. The van der Waals surface area contributed by atoms with Gasteiger partial charge >= 0.3 is 0 Å². The maximum absolute atomic E-state index is 12.3. The first-order valence-electron chi connectivity index (χ1n) is 6.52. The molecule has 1 amide bonds. The van der Waals surface area contributed by atoms with Crippen molar-refractivity contribution in [2.75, 3.05) is 13.6 Å². The van der Waals surface area contributed by atoms with E-state index in [1.165, 1.54) is 0 Å². The Kier molecular flexibility index (Phi) is 4.01. The molecule has 1 fully saturated rings. The van der Waals surface area contributed by atoms with E-state index in [1.54, 1.807) is 11.1 Å². The van der Waals surface area contributed by atoms with Gasteiger partial charge in [0.05, 0.1) is 12.6 Å². The molecule has 0 radical (unpaired) electrons. The van der Waals surface area contributed by atoms with Crippen LogP contribution in [-0.2, 0) is 18.4 Å². The van der Waals surface area contributed by atoms with Crippen LogP contribution in [0.2, 0.25) is 0 Å². The van der Waals surface area contributed by atoms with Crippen molar-refractivity contribution in [3.8, 4) is 0 Å². The third-order valence-electron chi connectivity index (χ3n) is 3.64. The molecule has 100 valence electrons. The summed E-state index contributed by atoms with van der Waals surface area (Å²) in [5, 5.41) is 3.31. The second kappa shape index (κ2) is 5.52. The Morgan fingerprint density at radius 3 is 3.06 bits per heavy atom. The van der Waals surface area contributed by atoms with Crippen LogP contribution < -0.4 is 5.32 Å². The molecular weight excluding hydrogens is 228 g/mol. The lowest BCUT2D eigenvalue weighted by molar-refractivity contribution is -0.133. The van der Waals surface area contributed by atoms with E-state index in [1.807, 2.05) is 24.9 Å². The van der Waals surface area contributed by atoms with E-state index in [0.717, 1.165) is 25.2 Å². The van der Waals surface area contributed by atoms with E-state index in [4.69, 9.17) is 0 Å². The van der Waals surface area contributed by atoms with Gasteiger partial charge in [0, 0.05) is 26.5 Å². The molecule has 2 atom stereocenters. The highest BCUT2D eigenvalue weighted by Crippen LogP contribution is 2.16. The van der Waals surface area contributed by atoms with E-state index in [-0.39, 0.29) is 11.9 Å². The van der Waals surface area contributed by atoms with Crippen LogP contribution in [-0.4, -0.2) is 40.0 Å². The summed E-state index contributed by atoms with van der Waals surface area (Å²) in [5.74, 6) is 1.71. The molecule has 5 heteroatoms. The lowest BCUT2D eigenvalue weighted by Crippen LogP contribution is -2.48. The standard InChI is InChI=1S/C13H22N4O/c1-10-4-5-14-11(8-10)13(18)17(3)9-12-15-6-7-16(12)2/h6-7,10-11,14H,4-5,8-9H2,1-3H3. The van der Waals surface area contributed by atoms with Gasteiger partial charge in [-0.25, -0.2) is 4.98 Å². The number of hydrogen-bond donors (Lipinski definition) is 1. The number of nitrogens with one attached hydrogen (secondary N) is 1. The quantitative estimate of drug-likeness (QED) is 0.862. The highest BCUT2D eigenvalue weighted by atomic mass is 16.2. The van der Waals surface area contributed by atoms with Crippen molar-refractivity contribution in [2.24, 2.45) is 13.0 Å². The van der Waals surface area contributed by atoms with Gasteiger partial charge < -0.3 is 14.8 Å². The average Bonchev–Trinajstić information content (AvgIpc) is 2.74. The first-order valence-corrected chi connectivity index (χ1v) is 6.52. The molecule has 0 saturated carbocycles. The zero-order valence-electron chi connectivity index (χ0n) is 11.4. The zero-order valence-corrected chi connectivity index (χ0v) is 11.4. The third-order valence-corrected chi connectivity index (χ3v) is 3.64. The number of carbonyl (C=O) groups is 1. The summed E-state index contributed by atoms with van der Waals surface area (Å²) in [4.78, 5) is 18.3. The fraction of sp³-hybridized carbons (Fsp3) is 0.692. The van der Waals surface area contributed by atoms with Gasteiger partial charge in [0.15, 0.2) is 0 Å². The van der Waals surface area contributed by atoms with Crippen molar-refractivity contribution in [1.82, 2.24) is 19.8 Å². The number of rotatable bonds is 3. The number of piperidine rings is 1. The van der Waals surface area contributed by atoms with Gasteiger partial charge in [0.25, 0.3) is 0 Å². The topological polar surface area (TPSA) is 50.2 Å². The largest absolute Gasteiger partial charge is 0.337 e. The van der Waals surface area contributed by atoms with Crippen LogP contribution in [0.4, 0.5) is 0 Å². The number of nitrogens with zero attached hydrogens (tertiary/aromatic N) is 3. The van der Waals surface area contributed by atoms with Crippen LogP contribution in [0.25, 0.3) is 0 Å². The SMILES string of the molecule is CC1CCNC(C(=O)N(C)Cc2nccn2C)C1. The van der Waals surface area contributed by atoms with Crippen molar-refractivity contribution in [3.63, 3.8) is 0 Å². The molecule has 1 aromatic rings. The summed E-state index contributed by atoms with van der Waals surface area (Å²) >= 11 is 0. The predicted molar refractivity (Wildman–Crippen MR) is 69.9 cm³/mol. The molecule has 1 aromatic heterocycles. The van der Waals surface area contributed by atoms with Crippen LogP contribution in [0.3, 0.4) is 0 Å². The minimum atomic E-state index is -0.0287. The first kappa shape index (κ1) is 13.1. The van der Waals surface area contributed by atoms with Crippen LogP contribution in [0, 0.1) is 5.92 Å². The highest BCUT2D eigenvalue weighted by Gasteiger charge is 2.27. The number of aromatic nitrogens is 2. The molecule has 1 aliphatic rings. The molecule has 2 unspecified atom stereocenters. The maximum atomic E-state index is 12.3. The van der Waals surface area contributed by atoms with Crippen molar-refractivity contribution in [1.29, 1.82) is 0 Å². The first-order chi connectivity index (χ1) is 8.58. The van der Waals surface area contributed by atoms with Crippen molar-refractivity contribution < 1.29 is 4.79 Å². The number of aryl methyl sites for hydroxylation is 1. The van der Waals surface area contributed by atoms with E-state index < -0.39 is 0 Å². The summed E-state index contributed by atoms with van der Waals surface area (Å²) in [7, 11) is 3.79. The molecule has 18 heavy (non-hydrogen) atoms. The number of imidazole rings is 1. The smallest absolute Gasteiger partial charge is 0.239 e. The Balaban J connectivity index is 1.94. The highest BCUT2D eigenvalue weighted by molar-refractivity contribution is 5.81. The zero-order chi connectivity index (χ0) is 13.1. The van der Waals surface area contributed by atoms with Crippen LogP contribution in [0.1, 0.15) is 25.6 Å². The molecule has 0 spiro atoms. The molecular formula is C13H22N4O. The molecule has 5 nitrogen and oxygen atoms in total. The van der Waals surface area contributed by atoms with Gasteiger partial charge in [-0.1, -0.05) is 6.92 Å². The molecule has 0 aromatic carbocycles. The van der Waals surface area contributed by atoms with Gasteiger partial charge in [0.2, 0.25) is 5.91 Å². The van der Waals surface area contributed by atoms with Crippen LogP contribution >= 0.6 is 0 Å². The Hall–Kier alpha value is -1.36. The van der Waals surface area contributed by atoms with E-state index >= 15 is 0 Å². The summed E-state index contributed by atoms with van der Waals surface area (Å²) in [6, 6.07) is -0.0287. The average molecular weight is 250 g/mol. The second-order valence-electron chi connectivity index (χ2n) is 5.28. The molecule has 1 N–H and O–H groups in total. The molecule has 0 aliphatic carbocycles. The van der Waals surface area contributed by atoms with Gasteiger partial charge in [-0.15, -0.1) is 0 Å². The normalized spacial score (nSPS) is 23.9. The molecule has 1 aliphatic heterocycles. The predicted octanol–water partition coefficient (Wildman–Crippen LogP) is 0.767. The lowest BCUT2D eigenvalue weighted by atomic mass is 9.93. The fourth-order valence-corrected chi connectivity index (χ4v) is 2.40. The fourth-order valence-electron chi connectivity index (χ4n) is 2.40. The van der Waals surface area contributed by atoms with Crippen LogP contribution in [0.15, 0.2) is 12.4 Å². The number of likely N-dealkylation sites (N-methyl/N-ethyl adjacent to an activating group) is 1. The Morgan fingerprint density at radius 1 is 1.67 bits per heavy atom. The lowest BCUT2D eigenvalue weighted by Gasteiger charge is -2.30. The summed E-state index contributed by atoms with van der Waals surface area (Å²) in [6.45, 7) is 3.71. The van der Waals surface area contributed by atoms with Crippen molar-refractivity contribution in [2.45, 2.75) is 32.4 Å². The van der Waals surface area contributed by atoms with Crippen molar-refractivity contribution >= 4 is 5.91 Å². The van der Waals surface area contributed by atoms with Crippen LogP contribution in [0.5, 0.6) is 0 Å². The molecule has 0 bridgehead atoms. The molecule has 2 heterocycles. The minimum Gasteiger partial charge on any atom is -0.337 e. The van der Waals surface area contributed by atoms with Gasteiger partial charge in [-0.2, -0.15) is 0 Å². The number of carbonyl (C=O) groups excluding carboxylic acids is 1. The monoisotopic (exact) mass is 250 g/mol. The Bertz CT molecular complexity index is 415. The summed E-state index contributed by atoms with van der Waals surface area (Å²) in [6.07, 6.45) is 5.75. The number of amides is 1. The summed E-state index contributed by atoms with van der Waals surface area (Å²) in [5.41, 5.74) is 0. The molecule has 2 rings (SSSR count). The Labute approximate surface area is 108 Å². The number of hydrogen-bond acceptors (Lipinski definition) is 3. The van der Waals surface area contributed by atoms with Crippen molar-refractivity contribution in [3.05, 3.63) is 18.2 Å². The van der Waals surface area contributed by atoms with E-state index in [2.05, 4.69) is 17.2 Å². The van der Waals surface area contributed by atoms with Gasteiger partial charge in [-0.3, -0.25) is 4.79 Å². The van der Waals surface area contributed by atoms with Gasteiger partial charge in [0.1, 0.15) is 5.82 Å². The van der Waals surface area contributed by atoms with E-state index in [0.29, 0.717) is 12.5 Å². The third kappa shape index (κ3) is 2.90. The van der Waals surface area contributed by atoms with Gasteiger partial charge in [-0.05, 0) is 25.3 Å². The maximum Gasteiger partial charge on any atom is 0.239 e. The van der Waals surface area contributed by atoms with E-state index in [9.17, 15) is 4.79 Å². The second-order valence-corrected chi connectivity index (χ2v) is 5.28. The Morgan fingerprint density at radius 2 is 2.44 bits per heavy atom. The summed E-state index contributed by atoms with van der Waals surface area (Å²) < 4.78 is 1.95. The molecule has 1 saturated heterocycles.